The summed E-state index contributed by atoms with van der Waals surface area (Å²) in [4.78, 5) is 12.6. The lowest BCUT2D eigenvalue weighted by Crippen LogP contribution is -2.28. The molecular weight excluding hydrogens is 342 g/mol. The van der Waals surface area contributed by atoms with E-state index in [1.54, 1.807) is 7.11 Å². The van der Waals surface area contributed by atoms with E-state index in [0.29, 0.717) is 0 Å². The minimum atomic E-state index is 0.784. The number of aromatic amines is 1. The maximum Gasteiger partial charge on any atom is 0.160 e. The van der Waals surface area contributed by atoms with Gasteiger partial charge < -0.3 is 19.6 Å². The Morgan fingerprint density at radius 2 is 2.22 bits per heavy atom. The maximum atomic E-state index is 5.28. The summed E-state index contributed by atoms with van der Waals surface area (Å²) in [5.41, 5.74) is 4.07. The first-order chi connectivity index (χ1) is 13.3. The van der Waals surface area contributed by atoms with E-state index in [0.717, 1.165) is 66.7 Å². The molecule has 1 aromatic carbocycles. The number of hydrogen-bond donors (Lipinski definition) is 2. The second-order valence-electron chi connectivity index (χ2n) is 6.68. The first kappa shape index (κ1) is 16.1. The number of methoxy groups -OCH3 is 1. The average Bonchev–Trinajstić information content (AvgIpc) is 3.41. The lowest BCUT2D eigenvalue weighted by atomic mass is 10.3. The molecule has 8 nitrogen and oxygen atoms in total. The molecule has 0 radical (unpaired) electrons. The Kier molecular flexibility index (Phi) is 3.90. The number of fused-ring (bicyclic) bond motifs is 2. The number of nitrogens with one attached hydrogen (secondary N) is 2. The fraction of sp³-hybridized carbons (Fsp3) is 0.316. The van der Waals surface area contributed by atoms with E-state index in [9.17, 15) is 0 Å². The van der Waals surface area contributed by atoms with E-state index in [4.69, 9.17) is 9.84 Å². The quantitative estimate of drug-likeness (QED) is 0.566. The predicted octanol–water partition coefficient (Wildman–Crippen LogP) is 1.98. The average molecular weight is 363 g/mol. The highest BCUT2D eigenvalue weighted by Crippen LogP contribution is 2.21. The van der Waals surface area contributed by atoms with Gasteiger partial charge in [-0.15, -0.1) is 0 Å². The zero-order chi connectivity index (χ0) is 18.2. The van der Waals surface area contributed by atoms with E-state index in [2.05, 4.69) is 35.6 Å². The molecule has 0 saturated carbocycles. The summed E-state index contributed by atoms with van der Waals surface area (Å²) in [5, 5.41) is 8.09. The van der Waals surface area contributed by atoms with Gasteiger partial charge in [-0.25, -0.2) is 9.97 Å². The van der Waals surface area contributed by atoms with Crippen LogP contribution in [0.5, 0.6) is 5.75 Å². The first-order valence-electron chi connectivity index (χ1n) is 9.12. The Hall–Kier alpha value is -3.13. The van der Waals surface area contributed by atoms with Crippen molar-refractivity contribution in [3.8, 4) is 17.3 Å². The third-order valence-corrected chi connectivity index (χ3v) is 4.94. The van der Waals surface area contributed by atoms with Gasteiger partial charge in [0.1, 0.15) is 17.3 Å². The van der Waals surface area contributed by atoms with Crippen LogP contribution >= 0.6 is 0 Å². The van der Waals surface area contributed by atoms with Crippen LogP contribution in [0, 0.1) is 0 Å². The van der Waals surface area contributed by atoms with Crippen molar-refractivity contribution >= 4 is 11.0 Å². The van der Waals surface area contributed by atoms with Crippen molar-refractivity contribution in [1.82, 2.24) is 34.6 Å². The highest BCUT2D eigenvalue weighted by molar-refractivity contribution is 5.76. The Morgan fingerprint density at radius 1 is 1.26 bits per heavy atom. The molecule has 2 N–H and O–H groups in total. The van der Waals surface area contributed by atoms with E-state index in [1.165, 1.54) is 5.69 Å². The molecule has 27 heavy (non-hydrogen) atoms. The molecular formula is C19H21N7O. The topological polar surface area (TPSA) is 85.6 Å². The number of benzene rings is 1. The SMILES string of the molecule is COc1ccc2nc(CCn3ccnc3-c3cc4n(n3)CCNC4)[nH]c2c1. The summed E-state index contributed by atoms with van der Waals surface area (Å²) in [6.07, 6.45) is 4.61. The Morgan fingerprint density at radius 3 is 3.11 bits per heavy atom. The standard InChI is InChI=1S/C19H21N7O/c1-27-14-2-3-15-16(11-14)23-18(22-15)4-7-25-8-6-21-19(25)17-10-13-12-20-5-9-26(13)24-17/h2-3,6,8,10-11,20H,4-5,7,9,12H2,1H3,(H,22,23). The molecule has 0 unspecified atom stereocenters. The van der Waals surface area contributed by atoms with Crippen molar-refractivity contribution in [2.75, 3.05) is 13.7 Å². The summed E-state index contributed by atoms with van der Waals surface area (Å²) in [6, 6.07) is 7.99. The molecule has 138 valence electrons. The van der Waals surface area contributed by atoms with Gasteiger partial charge in [0.05, 0.1) is 30.4 Å². The van der Waals surface area contributed by atoms with Crippen LogP contribution in [0.25, 0.3) is 22.6 Å². The van der Waals surface area contributed by atoms with Crippen LogP contribution in [0.15, 0.2) is 36.7 Å². The Bertz CT molecular complexity index is 1070. The molecule has 8 heteroatoms. The minimum absolute atomic E-state index is 0.784. The molecule has 1 aliphatic rings. The van der Waals surface area contributed by atoms with Crippen molar-refractivity contribution in [3.05, 3.63) is 48.2 Å². The third kappa shape index (κ3) is 2.97. The second kappa shape index (κ2) is 6.55. The third-order valence-electron chi connectivity index (χ3n) is 4.94. The zero-order valence-electron chi connectivity index (χ0n) is 15.1. The molecule has 0 aliphatic carbocycles. The molecule has 3 aromatic heterocycles. The molecule has 0 amide bonds. The molecule has 4 heterocycles. The van der Waals surface area contributed by atoms with Crippen LogP contribution in [0.4, 0.5) is 0 Å². The number of H-pyrrole nitrogens is 1. The summed E-state index contributed by atoms with van der Waals surface area (Å²) >= 11 is 0. The van der Waals surface area contributed by atoms with E-state index < -0.39 is 0 Å². The zero-order valence-corrected chi connectivity index (χ0v) is 15.1. The van der Waals surface area contributed by atoms with Gasteiger partial charge in [-0.3, -0.25) is 4.68 Å². The van der Waals surface area contributed by atoms with Crippen molar-refractivity contribution < 1.29 is 4.74 Å². The van der Waals surface area contributed by atoms with Crippen molar-refractivity contribution in [2.24, 2.45) is 0 Å². The summed E-state index contributed by atoms with van der Waals surface area (Å²) < 4.78 is 9.48. The monoisotopic (exact) mass is 363 g/mol. The second-order valence-corrected chi connectivity index (χ2v) is 6.68. The van der Waals surface area contributed by atoms with Crippen LogP contribution in [0.3, 0.4) is 0 Å². The maximum absolute atomic E-state index is 5.28. The lowest BCUT2D eigenvalue weighted by Gasteiger charge is -2.13. The largest absolute Gasteiger partial charge is 0.497 e. The minimum Gasteiger partial charge on any atom is -0.497 e. The first-order valence-corrected chi connectivity index (χ1v) is 9.12. The molecule has 0 atom stereocenters. The van der Waals surface area contributed by atoms with Gasteiger partial charge in [0.15, 0.2) is 5.82 Å². The fourth-order valence-corrected chi connectivity index (χ4v) is 3.54. The summed E-state index contributed by atoms with van der Waals surface area (Å²) in [6.45, 7) is 3.50. The number of aromatic nitrogens is 6. The van der Waals surface area contributed by atoms with E-state index in [-0.39, 0.29) is 0 Å². The number of imidazole rings is 2. The highest BCUT2D eigenvalue weighted by atomic mass is 16.5. The van der Waals surface area contributed by atoms with Gasteiger partial charge in [-0.1, -0.05) is 0 Å². The molecule has 5 rings (SSSR count). The van der Waals surface area contributed by atoms with Crippen molar-refractivity contribution in [1.29, 1.82) is 0 Å². The van der Waals surface area contributed by atoms with E-state index in [1.807, 2.05) is 30.6 Å². The number of rotatable bonds is 5. The number of nitrogens with zero attached hydrogens (tertiary/aromatic N) is 5. The van der Waals surface area contributed by atoms with Crippen LogP contribution in [-0.4, -0.2) is 43.0 Å². The van der Waals surface area contributed by atoms with Crippen LogP contribution in [0.2, 0.25) is 0 Å². The number of aryl methyl sites for hydroxylation is 2. The molecule has 0 fully saturated rings. The van der Waals surface area contributed by atoms with Crippen LogP contribution < -0.4 is 10.1 Å². The van der Waals surface area contributed by atoms with Gasteiger partial charge in [-0.2, -0.15) is 5.10 Å². The van der Waals surface area contributed by atoms with Gasteiger partial charge in [0, 0.05) is 44.5 Å². The Labute approximate surface area is 156 Å². The van der Waals surface area contributed by atoms with Gasteiger partial charge >= 0.3 is 0 Å². The molecule has 1 aliphatic heterocycles. The molecule has 0 spiro atoms. The van der Waals surface area contributed by atoms with Crippen LogP contribution in [0.1, 0.15) is 11.5 Å². The van der Waals surface area contributed by atoms with Crippen LogP contribution in [-0.2, 0) is 26.1 Å². The van der Waals surface area contributed by atoms with Crippen molar-refractivity contribution in [2.45, 2.75) is 26.1 Å². The normalized spacial score (nSPS) is 13.8. The van der Waals surface area contributed by atoms with Gasteiger partial charge in [-0.05, 0) is 18.2 Å². The summed E-state index contributed by atoms with van der Waals surface area (Å²) in [5.74, 6) is 2.67. The fourth-order valence-electron chi connectivity index (χ4n) is 3.54. The van der Waals surface area contributed by atoms with Crippen molar-refractivity contribution in [3.63, 3.8) is 0 Å². The number of hydrogen-bond acceptors (Lipinski definition) is 5. The molecule has 0 bridgehead atoms. The molecule has 0 saturated heterocycles. The van der Waals surface area contributed by atoms with Gasteiger partial charge in [0.2, 0.25) is 0 Å². The van der Waals surface area contributed by atoms with E-state index >= 15 is 0 Å². The lowest BCUT2D eigenvalue weighted by molar-refractivity contribution is 0.415. The number of ether oxygens (including phenoxy) is 1. The predicted molar refractivity (Wildman–Crippen MR) is 102 cm³/mol. The van der Waals surface area contributed by atoms with Gasteiger partial charge in [0.25, 0.3) is 0 Å². The Balaban J connectivity index is 1.36. The molecule has 4 aromatic rings. The summed E-state index contributed by atoms with van der Waals surface area (Å²) in [7, 11) is 1.67. The highest BCUT2D eigenvalue weighted by Gasteiger charge is 2.16. The smallest absolute Gasteiger partial charge is 0.160 e.